The van der Waals surface area contributed by atoms with Crippen molar-refractivity contribution >= 4 is 11.8 Å². The minimum Gasteiger partial charge on any atom is -0.406 e. The van der Waals surface area contributed by atoms with Gasteiger partial charge in [0.05, 0.1) is 13.1 Å². The van der Waals surface area contributed by atoms with Crippen LogP contribution in [-0.2, 0) is 4.74 Å². The van der Waals surface area contributed by atoms with Gasteiger partial charge in [0.15, 0.2) is 12.3 Å². The second-order valence-electron chi connectivity index (χ2n) is 5.64. The van der Waals surface area contributed by atoms with Crippen LogP contribution in [0, 0.1) is 0 Å². The molecule has 17 heavy (non-hydrogen) atoms. The summed E-state index contributed by atoms with van der Waals surface area (Å²) < 4.78 is 7.15. The van der Waals surface area contributed by atoms with Crippen LogP contribution in [0.5, 0.6) is 0 Å². The zero-order chi connectivity index (χ0) is 13.1. The van der Waals surface area contributed by atoms with Gasteiger partial charge in [-0.25, -0.2) is 0 Å². The zero-order valence-corrected chi connectivity index (χ0v) is 11.7. The molecule has 0 atom stereocenters. The summed E-state index contributed by atoms with van der Waals surface area (Å²) >= 11 is 0. The fourth-order valence-corrected chi connectivity index (χ4v) is 1.99. The van der Waals surface area contributed by atoms with Crippen molar-refractivity contribution in [3.05, 3.63) is 0 Å². The highest BCUT2D eigenvalue weighted by atomic mass is 16.6. The summed E-state index contributed by atoms with van der Waals surface area (Å²) in [5.74, 6) is 0. The van der Waals surface area contributed by atoms with E-state index in [1.54, 1.807) is 4.58 Å². The van der Waals surface area contributed by atoms with Crippen LogP contribution in [0.4, 0.5) is 4.79 Å². The van der Waals surface area contributed by atoms with E-state index < -0.39 is 5.60 Å². The van der Waals surface area contributed by atoms with Crippen molar-refractivity contribution in [1.82, 2.24) is 4.90 Å². The van der Waals surface area contributed by atoms with E-state index in [0.717, 1.165) is 38.3 Å². The Kier molecular flexibility index (Phi) is 4.69. The number of rotatable bonds is 2. The van der Waals surface area contributed by atoms with Crippen LogP contribution >= 0.6 is 0 Å². The van der Waals surface area contributed by atoms with Crippen molar-refractivity contribution in [3.63, 3.8) is 0 Å². The van der Waals surface area contributed by atoms with E-state index >= 15 is 0 Å². The van der Waals surface area contributed by atoms with E-state index in [9.17, 15) is 4.79 Å². The Morgan fingerprint density at radius 2 is 2.12 bits per heavy atom. The molecule has 1 heterocycles. The van der Waals surface area contributed by atoms with Gasteiger partial charge >= 0.3 is 6.09 Å². The summed E-state index contributed by atoms with van der Waals surface area (Å²) in [4.78, 5) is 14.3. The van der Waals surface area contributed by atoms with Crippen molar-refractivity contribution in [2.45, 2.75) is 46.6 Å². The molecule has 1 amide bonds. The van der Waals surface area contributed by atoms with Gasteiger partial charge in [-0.05, 0) is 33.7 Å². The number of carbonyl (C=O) groups is 1. The van der Waals surface area contributed by atoms with Crippen LogP contribution < -0.4 is 0 Å². The molecule has 0 saturated heterocycles. The molecule has 1 aliphatic rings. The fourth-order valence-electron chi connectivity index (χ4n) is 1.99. The van der Waals surface area contributed by atoms with E-state index in [-0.39, 0.29) is 6.09 Å². The Morgan fingerprint density at radius 3 is 2.59 bits per heavy atom. The van der Waals surface area contributed by atoms with Gasteiger partial charge in [0.1, 0.15) is 5.60 Å². The molecule has 98 valence electrons. The molecule has 0 aromatic heterocycles. The van der Waals surface area contributed by atoms with Crippen molar-refractivity contribution in [2.24, 2.45) is 0 Å². The molecule has 0 aromatic rings. The summed E-state index contributed by atoms with van der Waals surface area (Å²) in [5, 5.41) is 0. The smallest absolute Gasteiger partial charge is 0.406 e. The monoisotopic (exact) mass is 241 g/mol. The molecule has 0 bridgehead atoms. The highest BCUT2D eigenvalue weighted by Gasteiger charge is 2.32. The molecule has 0 aliphatic carbocycles. The largest absolute Gasteiger partial charge is 0.596 e. The van der Waals surface area contributed by atoms with Crippen molar-refractivity contribution in [3.8, 4) is 0 Å². The Bertz CT molecular complexity index is 316. The Hall–Kier alpha value is -0.900. The lowest BCUT2D eigenvalue weighted by Crippen LogP contribution is -2.47. The van der Waals surface area contributed by atoms with Crippen LogP contribution in [0.2, 0.25) is 0 Å². The second kappa shape index (κ2) is 5.63. The Morgan fingerprint density at radius 1 is 1.47 bits per heavy atom. The third-order valence-electron chi connectivity index (χ3n) is 2.71. The van der Waals surface area contributed by atoms with Gasteiger partial charge in [-0.2, -0.15) is 4.79 Å². The quantitative estimate of drug-likeness (QED) is 0.694. The lowest BCUT2D eigenvalue weighted by Gasteiger charge is -2.25. The molecule has 1 rings (SSSR count). The fraction of sp³-hybridized carbons (Fsp3) is 0.846. The Balaban J connectivity index is 2.66. The first-order valence-electron chi connectivity index (χ1n) is 6.39. The summed E-state index contributed by atoms with van der Waals surface area (Å²) in [7, 11) is 0. The van der Waals surface area contributed by atoms with Gasteiger partial charge in [0.25, 0.3) is 0 Å². The molecule has 0 unspecified atom stereocenters. The molecular weight excluding hydrogens is 216 g/mol. The maximum absolute atomic E-state index is 12.0. The van der Waals surface area contributed by atoms with Gasteiger partial charge in [0, 0.05) is 6.92 Å². The standard InChI is InChI=1S/C13H25N2O2/c1-6-7-14-8-9-15(11(2)10-14)12(16)17-13(3,4)5/h6-10H2,1-5H3/q+1. The number of amides is 1. The number of nitrogens with zero attached hydrogens (tertiary/aromatic N) is 2. The van der Waals surface area contributed by atoms with E-state index in [1.807, 2.05) is 27.7 Å². The number of ether oxygens (including phenoxy) is 1. The molecule has 0 radical (unpaired) electrons. The van der Waals surface area contributed by atoms with Crippen LogP contribution in [0.25, 0.3) is 0 Å². The Labute approximate surface area is 104 Å². The molecule has 0 saturated carbocycles. The highest BCUT2D eigenvalue weighted by molar-refractivity contribution is 5.83. The topological polar surface area (TPSA) is 32.5 Å². The average molecular weight is 241 g/mol. The van der Waals surface area contributed by atoms with Gasteiger partial charge in [0.2, 0.25) is 0 Å². The first-order valence-corrected chi connectivity index (χ1v) is 6.39. The number of hydrogen-bond acceptors (Lipinski definition) is 3. The van der Waals surface area contributed by atoms with Crippen LogP contribution in [0.3, 0.4) is 0 Å². The normalized spacial score (nSPS) is 18.4. The van der Waals surface area contributed by atoms with E-state index in [4.69, 9.17) is 4.74 Å². The number of hydrogen-bond donors (Lipinski definition) is 0. The maximum atomic E-state index is 12.0. The van der Waals surface area contributed by atoms with Crippen molar-refractivity contribution in [2.75, 3.05) is 26.2 Å². The molecule has 4 nitrogen and oxygen atoms in total. The zero-order valence-electron chi connectivity index (χ0n) is 11.7. The predicted octanol–water partition coefficient (Wildman–Crippen LogP) is 2.12. The molecule has 1 aliphatic heterocycles. The molecule has 4 heteroatoms. The second-order valence-corrected chi connectivity index (χ2v) is 5.64. The molecule has 0 spiro atoms. The van der Waals surface area contributed by atoms with Gasteiger partial charge in [-0.1, -0.05) is 6.92 Å². The molecule has 0 fully saturated rings. The average Bonchev–Trinajstić information content (AvgIpc) is 2.15. The maximum Gasteiger partial charge on any atom is 0.596 e. The summed E-state index contributed by atoms with van der Waals surface area (Å²) in [6.45, 7) is 13.5. The van der Waals surface area contributed by atoms with Crippen molar-refractivity contribution in [1.29, 1.82) is 0 Å². The van der Waals surface area contributed by atoms with Gasteiger partial charge < -0.3 is 4.74 Å². The van der Waals surface area contributed by atoms with E-state index in [1.165, 1.54) is 0 Å². The summed E-state index contributed by atoms with van der Waals surface area (Å²) in [6, 6.07) is 0. The lowest BCUT2D eigenvalue weighted by molar-refractivity contribution is -0.458. The highest BCUT2D eigenvalue weighted by Crippen LogP contribution is 2.10. The lowest BCUT2D eigenvalue weighted by atomic mass is 10.2. The first kappa shape index (κ1) is 14.2. The minimum absolute atomic E-state index is 0.217. The van der Waals surface area contributed by atoms with Crippen LogP contribution in [-0.4, -0.2) is 53.1 Å². The molecule has 0 aromatic carbocycles. The van der Waals surface area contributed by atoms with E-state index in [0.29, 0.717) is 0 Å². The van der Waals surface area contributed by atoms with Crippen LogP contribution in [0.1, 0.15) is 41.0 Å². The van der Waals surface area contributed by atoms with Crippen molar-refractivity contribution < 1.29 is 14.1 Å². The summed E-state index contributed by atoms with van der Waals surface area (Å²) in [5.41, 5.74) is 0.664. The SMILES string of the molecule is CCCN1CC[N+](C(=O)OC(C)(C)C)=C(C)C1. The third kappa shape index (κ3) is 4.46. The summed E-state index contributed by atoms with van der Waals surface area (Å²) in [6.07, 6.45) is 0.936. The first-order chi connectivity index (χ1) is 7.83. The molecular formula is C13H25N2O2+. The van der Waals surface area contributed by atoms with Crippen LogP contribution in [0.15, 0.2) is 0 Å². The molecule has 0 N–H and O–H groups in total. The number of carbonyl (C=O) groups excluding carboxylic acids is 1. The van der Waals surface area contributed by atoms with Gasteiger partial charge in [-0.3, -0.25) is 4.90 Å². The predicted molar refractivity (Wildman–Crippen MR) is 68.8 cm³/mol. The van der Waals surface area contributed by atoms with Gasteiger partial charge in [-0.15, -0.1) is 4.58 Å². The minimum atomic E-state index is -0.419. The third-order valence-corrected chi connectivity index (χ3v) is 2.71. The van der Waals surface area contributed by atoms with E-state index in [2.05, 4.69) is 11.8 Å².